The lowest BCUT2D eigenvalue weighted by Gasteiger charge is -2.33. The Balaban J connectivity index is 4.41. The molecule has 0 radical (unpaired) electrons. The molecule has 5 nitrogen and oxygen atoms in total. The third-order valence-corrected chi connectivity index (χ3v) is 3.44. The van der Waals surface area contributed by atoms with E-state index in [-0.39, 0.29) is 31.2 Å². The van der Waals surface area contributed by atoms with Gasteiger partial charge in [-0.05, 0) is 27.3 Å². The minimum atomic E-state index is -0.584. The Morgan fingerprint density at radius 1 is 1.33 bits per heavy atom. The molecule has 0 aromatic heterocycles. The Morgan fingerprint density at radius 3 is 2.22 bits per heavy atom. The van der Waals surface area contributed by atoms with Gasteiger partial charge in [0.1, 0.15) is 0 Å². The van der Waals surface area contributed by atoms with Crippen molar-refractivity contribution >= 4 is 5.91 Å². The van der Waals surface area contributed by atoms with E-state index in [2.05, 4.69) is 5.32 Å². The number of nitrogens with zero attached hydrogens (tertiary/aromatic N) is 1. The summed E-state index contributed by atoms with van der Waals surface area (Å²) in [7, 11) is 1.82. The molecule has 108 valence electrons. The van der Waals surface area contributed by atoms with Crippen LogP contribution in [-0.4, -0.2) is 59.9 Å². The summed E-state index contributed by atoms with van der Waals surface area (Å²) in [5.41, 5.74) is -0.584. The van der Waals surface area contributed by atoms with Gasteiger partial charge in [-0.1, -0.05) is 13.8 Å². The standard InChI is InChI=1S/C13H28N2O3/c1-6-10(2)14-12(18)11(3)15(5)7-13(4,8-16)9-17/h10-11,16-17H,6-9H2,1-5H3,(H,14,18). The third-order valence-electron chi connectivity index (χ3n) is 3.44. The number of nitrogens with one attached hydrogen (secondary N) is 1. The average molecular weight is 260 g/mol. The molecule has 1 amide bonds. The van der Waals surface area contributed by atoms with E-state index in [0.717, 1.165) is 6.42 Å². The lowest BCUT2D eigenvalue weighted by atomic mass is 9.92. The minimum absolute atomic E-state index is 0.0231. The molecule has 0 rings (SSSR count). The van der Waals surface area contributed by atoms with Gasteiger partial charge in [-0.3, -0.25) is 9.69 Å². The molecule has 2 unspecified atom stereocenters. The van der Waals surface area contributed by atoms with Gasteiger partial charge in [-0.25, -0.2) is 0 Å². The van der Waals surface area contributed by atoms with Crippen molar-refractivity contribution in [2.45, 2.75) is 46.2 Å². The zero-order valence-corrected chi connectivity index (χ0v) is 12.2. The lowest BCUT2D eigenvalue weighted by molar-refractivity contribution is -0.126. The lowest BCUT2D eigenvalue weighted by Crippen LogP contribution is -2.50. The number of hydrogen-bond acceptors (Lipinski definition) is 4. The largest absolute Gasteiger partial charge is 0.396 e. The van der Waals surface area contributed by atoms with E-state index >= 15 is 0 Å². The van der Waals surface area contributed by atoms with E-state index in [1.54, 1.807) is 6.92 Å². The molecule has 0 saturated heterocycles. The maximum Gasteiger partial charge on any atom is 0.237 e. The maximum atomic E-state index is 11.9. The second-order valence-electron chi connectivity index (χ2n) is 5.54. The molecular weight excluding hydrogens is 232 g/mol. The molecule has 0 heterocycles. The highest BCUT2D eigenvalue weighted by Crippen LogP contribution is 2.16. The van der Waals surface area contributed by atoms with Crippen molar-refractivity contribution < 1.29 is 15.0 Å². The second-order valence-corrected chi connectivity index (χ2v) is 5.54. The predicted molar refractivity (Wildman–Crippen MR) is 72.3 cm³/mol. The molecule has 0 spiro atoms. The highest BCUT2D eigenvalue weighted by molar-refractivity contribution is 5.81. The quantitative estimate of drug-likeness (QED) is 0.583. The predicted octanol–water partition coefficient (Wildman–Crippen LogP) is 0.212. The van der Waals surface area contributed by atoms with Crippen molar-refractivity contribution in [1.29, 1.82) is 0 Å². The first-order chi connectivity index (χ1) is 8.29. The molecule has 2 atom stereocenters. The van der Waals surface area contributed by atoms with Crippen LogP contribution in [0.15, 0.2) is 0 Å². The number of carbonyl (C=O) groups is 1. The van der Waals surface area contributed by atoms with Crippen molar-refractivity contribution in [1.82, 2.24) is 10.2 Å². The highest BCUT2D eigenvalue weighted by atomic mass is 16.3. The van der Waals surface area contributed by atoms with E-state index < -0.39 is 5.41 Å². The number of hydrogen-bond donors (Lipinski definition) is 3. The van der Waals surface area contributed by atoms with Crippen molar-refractivity contribution in [3.05, 3.63) is 0 Å². The van der Waals surface area contributed by atoms with Crippen LogP contribution >= 0.6 is 0 Å². The molecule has 0 bridgehead atoms. The topological polar surface area (TPSA) is 72.8 Å². The Bertz CT molecular complexity index is 255. The summed E-state index contributed by atoms with van der Waals surface area (Å²) in [6, 6.07) is -0.119. The van der Waals surface area contributed by atoms with Crippen LogP contribution in [0, 0.1) is 5.41 Å². The van der Waals surface area contributed by atoms with Crippen molar-refractivity contribution in [2.75, 3.05) is 26.8 Å². The molecule has 0 fully saturated rings. The van der Waals surface area contributed by atoms with Crippen molar-refractivity contribution in [3.63, 3.8) is 0 Å². The smallest absolute Gasteiger partial charge is 0.237 e. The van der Waals surface area contributed by atoms with Crippen LogP contribution in [0.1, 0.15) is 34.1 Å². The van der Waals surface area contributed by atoms with Gasteiger partial charge in [0, 0.05) is 18.0 Å². The zero-order valence-electron chi connectivity index (χ0n) is 12.2. The summed E-state index contributed by atoms with van der Waals surface area (Å²) >= 11 is 0. The molecule has 3 N–H and O–H groups in total. The maximum absolute atomic E-state index is 11.9. The Kier molecular flexibility index (Phi) is 7.43. The average Bonchev–Trinajstić information content (AvgIpc) is 2.37. The molecule has 0 aliphatic carbocycles. The van der Waals surface area contributed by atoms with Gasteiger partial charge >= 0.3 is 0 Å². The fourth-order valence-electron chi connectivity index (χ4n) is 1.55. The first-order valence-electron chi connectivity index (χ1n) is 6.52. The van der Waals surface area contributed by atoms with Gasteiger partial charge in [-0.15, -0.1) is 0 Å². The van der Waals surface area contributed by atoms with Crippen LogP contribution in [0.2, 0.25) is 0 Å². The number of aliphatic hydroxyl groups excluding tert-OH is 2. The van der Waals surface area contributed by atoms with Gasteiger partial charge in [0.05, 0.1) is 19.3 Å². The van der Waals surface area contributed by atoms with Gasteiger partial charge in [0.15, 0.2) is 0 Å². The molecule has 0 aromatic rings. The van der Waals surface area contributed by atoms with E-state index in [1.165, 1.54) is 0 Å². The fourth-order valence-corrected chi connectivity index (χ4v) is 1.55. The van der Waals surface area contributed by atoms with Gasteiger partial charge < -0.3 is 15.5 Å². The van der Waals surface area contributed by atoms with E-state index in [0.29, 0.717) is 6.54 Å². The molecule has 0 aliphatic rings. The van der Waals surface area contributed by atoms with E-state index in [4.69, 9.17) is 0 Å². The van der Waals surface area contributed by atoms with Gasteiger partial charge in [0.25, 0.3) is 0 Å². The Morgan fingerprint density at radius 2 is 1.83 bits per heavy atom. The molecule has 0 saturated carbocycles. The number of carbonyl (C=O) groups excluding carboxylic acids is 1. The van der Waals surface area contributed by atoms with Crippen LogP contribution < -0.4 is 5.32 Å². The first-order valence-corrected chi connectivity index (χ1v) is 6.52. The second kappa shape index (κ2) is 7.71. The summed E-state index contributed by atoms with van der Waals surface area (Å²) in [5.74, 6) is -0.0231. The van der Waals surface area contributed by atoms with Crippen LogP contribution in [-0.2, 0) is 4.79 Å². The monoisotopic (exact) mass is 260 g/mol. The molecular formula is C13H28N2O3. The zero-order chi connectivity index (χ0) is 14.3. The molecule has 18 heavy (non-hydrogen) atoms. The SMILES string of the molecule is CCC(C)NC(=O)C(C)N(C)CC(C)(CO)CO. The van der Waals surface area contributed by atoms with Crippen LogP contribution in [0.25, 0.3) is 0 Å². The van der Waals surface area contributed by atoms with Gasteiger partial charge in [0.2, 0.25) is 5.91 Å². The molecule has 5 heteroatoms. The minimum Gasteiger partial charge on any atom is -0.396 e. The summed E-state index contributed by atoms with van der Waals surface area (Å²) < 4.78 is 0. The van der Waals surface area contributed by atoms with E-state index in [1.807, 2.05) is 32.7 Å². The summed E-state index contributed by atoms with van der Waals surface area (Å²) in [6.07, 6.45) is 0.896. The number of amides is 1. The third kappa shape index (κ3) is 5.33. The van der Waals surface area contributed by atoms with Crippen molar-refractivity contribution in [3.8, 4) is 0 Å². The van der Waals surface area contributed by atoms with E-state index in [9.17, 15) is 15.0 Å². The first kappa shape index (κ1) is 17.4. The van der Waals surface area contributed by atoms with Crippen LogP contribution in [0.3, 0.4) is 0 Å². The molecule has 0 aliphatic heterocycles. The Hall–Kier alpha value is -0.650. The molecule has 0 aromatic carbocycles. The number of rotatable bonds is 8. The summed E-state index contributed by atoms with van der Waals surface area (Å²) in [6.45, 7) is 7.87. The number of aliphatic hydroxyl groups is 2. The van der Waals surface area contributed by atoms with Crippen LogP contribution in [0.4, 0.5) is 0 Å². The summed E-state index contributed by atoms with van der Waals surface area (Å²) in [5, 5.41) is 21.4. The summed E-state index contributed by atoms with van der Waals surface area (Å²) in [4.78, 5) is 13.8. The fraction of sp³-hybridized carbons (Fsp3) is 0.923. The van der Waals surface area contributed by atoms with Gasteiger partial charge in [-0.2, -0.15) is 0 Å². The normalized spacial score (nSPS) is 15.6. The van der Waals surface area contributed by atoms with Crippen molar-refractivity contribution in [2.24, 2.45) is 5.41 Å². The highest BCUT2D eigenvalue weighted by Gasteiger charge is 2.28. The number of likely N-dealkylation sites (N-methyl/N-ethyl adjacent to an activating group) is 1. The Labute approximate surface area is 110 Å². The van der Waals surface area contributed by atoms with Crippen LogP contribution in [0.5, 0.6) is 0 Å².